The number of nitrogens with one attached hydrogen (secondary N) is 1. The van der Waals surface area contributed by atoms with Crippen LogP contribution >= 0.6 is 0 Å². The van der Waals surface area contributed by atoms with Gasteiger partial charge < -0.3 is 10.1 Å². The van der Waals surface area contributed by atoms with E-state index in [0.717, 1.165) is 31.6 Å². The molecule has 3 nitrogen and oxygen atoms in total. The van der Waals surface area contributed by atoms with Gasteiger partial charge in [-0.3, -0.25) is 0 Å². The number of nitrogens with zero attached hydrogens (tertiary/aromatic N) is 1. The summed E-state index contributed by atoms with van der Waals surface area (Å²) in [4.78, 5) is 0. The molecular weight excluding hydrogens is 212 g/mol. The molecular formula is C14H18N2O. The number of hydrogen-bond donors (Lipinski definition) is 1. The van der Waals surface area contributed by atoms with Crippen molar-refractivity contribution in [1.82, 2.24) is 5.32 Å². The van der Waals surface area contributed by atoms with Crippen molar-refractivity contribution in [3.63, 3.8) is 0 Å². The van der Waals surface area contributed by atoms with Gasteiger partial charge in [0.05, 0.1) is 18.2 Å². The predicted molar refractivity (Wildman–Crippen MR) is 66.6 cm³/mol. The van der Waals surface area contributed by atoms with E-state index in [0.29, 0.717) is 12.0 Å². The van der Waals surface area contributed by atoms with Crippen molar-refractivity contribution < 1.29 is 4.74 Å². The molecule has 0 aromatic heterocycles. The van der Waals surface area contributed by atoms with Crippen LogP contribution in [0.5, 0.6) is 0 Å². The zero-order chi connectivity index (χ0) is 12.1. The molecule has 0 spiro atoms. The third-order valence-corrected chi connectivity index (χ3v) is 3.43. The van der Waals surface area contributed by atoms with Crippen LogP contribution < -0.4 is 5.32 Å². The SMILES string of the molecule is CNC1CCOCC1Cc1ccc(C#N)cc1. The average Bonchev–Trinajstić information content (AvgIpc) is 2.40. The molecule has 0 amide bonds. The first-order valence-corrected chi connectivity index (χ1v) is 6.07. The first-order valence-electron chi connectivity index (χ1n) is 6.07. The highest BCUT2D eigenvalue weighted by Crippen LogP contribution is 2.19. The second-order valence-electron chi connectivity index (χ2n) is 4.53. The Morgan fingerprint density at radius 2 is 2.18 bits per heavy atom. The fourth-order valence-electron chi connectivity index (χ4n) is 2.40. The molecule has 1 aliphatic heterocycles. The highest BCUT2D eigenvalue weighted by atomic mass is 16.5. The van der Waals surface area contributed by atoms with Crippen molar-refractivity contribution in [3.05, 3.63) is 35.4 Å². The molecule has 2 rings (SSSR count). The first-order chi connectivity index (χ1) is 8.33. The van der Waals surface area contributed by atoms with Gasteiger partial charge in [0, 0.05) is 18.6 Å². The van der Waals surface area contributed by atoms with Crippen LogP contribution in [-0.4, -0.2) is 26.3 Å². The molecule has 2 atom stereocenters. The monoisotopic (exact) mass is 230 g/mol. The highest BCUT2D eigenvalue weighted by molar-refractivity contribution is 5.31. The van der Waals surface area contributed by atoms with Gasteiger partial charge >= 0.3 is 0 Å². The van der Waals surface area contributed by atoms with Crippen molar-refractivity contribution in [2.75, 3.05) is 20.3 Å². The molecule has 0 radical (unpaired) electrons. The Bertz CT molecular complexity index is 394. The molecule has 1 N–H and O–H groups in total. The second-order valence-corrected chi connectivity index (χ2v) is 4.53. The standard InChI is InChI=1S/C14H18N2O/c1-16-14-6-7-17-10-13(14)8-11-2-4-12(9-15)5-3-11/h2-5,13-14,16H,6-8,10H2,1H3. The minimum Gasteiger partial charge on any atom is -0.381 e. The van der Waals surface area contributed by atoms with Crippen LogP contribution in [0.2, 0.25) is 0 Å². The molecule has 1 saturated heterocycles. The number of ether oxygens (including phenoxy) is 1. The summed E-state index contributed by atoms with van der Waals surface area (Å²) >= 11 is 0. The Kier molecular flexibility index (Phi) is 4.13. The van der Waals surface area contributed by atoms with E-state index in [2.05, 4.69) is 11.4 Å². The fraction of sp³-hybridized carbons (Fsp3) is 0.500. The van der Waals surface area contributed by atoms with Gasteiger partial charge in [0.25, 0.3) is 0 Å². The Morgan fingerprint density at radius 1 is 1.41 bits per heavy atom. The zero-order valence-corrected chi connectivity index (χ0v) is 10.1. The lowest BCUT2D eigenvalue weighted by Gasteiger charge is -2.31. The summed E-state index contributed by atoms with van der Waals surface area (Å²) in [7, 11) is 2.02. The van der Waals surface area contributed by atoms with Gasteiger partial charge in [-0.2, -0.15) is 5.26 Å². The fourth-order valence-corrected chi connectivity index (χ4v) is 2.40. The summed E-state index contributed by atoms with van der Waals surface area (Å²) < 4.78 is 5.54. The minimum atomic E-state index is 0.529. The van der Waals surface area contributed by atoms with E-state index >= 15 is 0 Å². The maximum Gasteiger partial charge on any atom is 0.0991 e. The third-order valence-electron chi connectivity index (χ3n) is 3.43. The van der Waals surface area contributed by atoms with Crippen molar-refractivity contribution in [3.8, 4) is 6.07 Å². The van der Waals surface area contributed by atoms with E-state index in [1.165, 1.54) is 5.56 Å². The van der Waals surface area contributed by atoms with Gasteiger partial charge in [-0.15, -0.1) is 0 Å². The predicted octanol–water partition coefficient (Wildman–Crippen LogP) is 1.73. The molecule has 1 aromatic carbocycles. The van der Waals surface area contributed by atoms with Crippen molar-refractivity contribution in [2.45, 2.75) is 18.9 Å². The van der Waals surface area contributed by atoms with Crippen LogP contribution in [-0.2, 0) is 11.2 Å². The maximum atomic E-state index is 8.75. The van der Waals surface area contributed by atoms with Gasteiger partial charge in [0.2, 0.25) is 0 Å². The third kappa shape index (κ3) is 3.06. The topological polar surface area (TPSA) is 45.0 Å². The lowest BCUT2D eigenvalue weighted by molar-refractivity contribution is 0.0342. The summed E-state index contributed by atoms with van der Waals surface area (Å²) in [6, 6.07) is 10.5. The summed E-state index contributed by atoms with van der Waals surface area (Å²) in [6.07, 6.45) is 2.09. The van der Waals surface area contributed by atoms with Crippen molar-refractivity contribution in [2.24, 2.45) is 5.92 Å². The van der Waals surface area contributed by atoms with Crippen LogP contribution in [0.25, 0.3) is 0 Å². The van der Waals surface area contributed by atoms with E-state index in [-0.39, 0.29) is 0 Å². The largest absolute Gasteiger partial charge is 0.381 e. The number of rotatable bonds is 3. The van der Waals surface area contributed by atoms with E-state index in [9.17, 15) is 0 Å². The molecule has 1 heterocycles. The summed E-state index contributed by atoms with van der Waals surface area (Å²) in [5.41, 5.74) is 2.00. The number of benzene rings is 1. The lowest BCUT2D eigenvalue weighted by atomic mass is 9.89. The van der Waals surface area contributed by atoms with E-state index in [1.807, 2.05) is 31.3 Å². The minimum absolute atomic E-state index is 0.529. The van der Waals surface area contributed by atoms with Crippen LogP contribution in [0.4, 0.5) is 0 Å². The zero-order valence-electron chi connectivity index (χ0n) is 10.1. The molecule has 3 heteroatoms. The Balaban J connectivity index is 2.01. The van der Waals surface area contributed by atoms with Crippen LogP contribution in [0, 0.1) is 17.2 Å². The quantitative estimate of drug-likeness (QED) is 0.860. The summed E-state index contributed by atoms with van der Waals surface area (Å²) in [6.45, 7) is 1.68. The van der Waals surface area contributed by atoms with E-state index in [4.69, 9.17) is 10.00 Å². The molecule has 0 aliphatic carbocycles. The molecule has 90 valence electrons. The molecule has 1 fully saturated rings. The molecule has 17 heavy (non-hydrogen) atoms. The van der Waals surface area contributed by atoms with Crippen LogP contribution in [0.1, 0.15) is 17.5 Å². The number of hydrogen-bond acceptors (Lipinski definition) is 3. The molecule has 0 bridgehead atoms. The second kappa shape index (κ2) is 5.81. The van der Waals surface area contributed by atoms with E-state index < -0.39 is 0 Å². The summed E-state index contributed by atoms with van der Waals surface area (Å²) in [5.74, 6) is 0.529. The number of nitriles is 1. The molecule has 1 aliphatic rings. The lowest BCUT2D eigenvalue weighted by Crippen LogP contribution is -2.41. The first kappa shape index (κ1) is 12.1. The normalized spacial score (nSPS) is 24.2. The van der Waals surface area contributed by atoms with Gasteiger partial charge in [0.1, 0.15) is 0 Å². The Labute approximate surface area is 102 Å². The Morgan fingerprint density at radius 3 is 2.82 bits per heavy atom. The molecule has 2 unspecified atom stereocenters. The van der Waals surface area contributed by atoms with Gasteiger partial charge in [-0.05, 0) is 37.6 Å². The average molecular weight is 230 g/mol. The van der Waals surface area contributed by atoms with Gasteiger partial charge in [-0.25, -0.2) is 0 Å². The van der Waals surface area contributed by atoms with Crippen LogP contribution in [0.15, 0.2) is 24.3 Å². The van der Waals surface area contributed by atoms with E-state index in [1.54, 1.807) is 0 Å². The van der Waals surface area contributed by atoms with Crippen molar-refractivity contribution >= 4 is 0 Å². The molecule has 0 saturated carbocycles. The highest BCUT2D eigenvalue weighted by Gasteiger charge is 2.24. The summed E-state index contributed by atoms with van der Waals surface area (Å²) in [5, 5.41) is 12.1. The molecule has 1 aromatic rings. The van der Waals surface area contributed by atoms with Gasteiger partial charge in [0.15, 0.2) is 0 Å². The van der Waals surface area contributed by atoms with Crippen molar-refractivity contribution in [1.29, 1.82) is 5.26 Å². The maximum absolute atomic E-state index is 8.75. The van der Waals surface area contributed by atoms with Crippen LogP contribution in [0.3, 0.4) is 0 Å². The van der Waals surface area contributed by atoms with Gasteiger partial charge in [-0.1, -0.05) is 12.1 Å². The smallest absolute Gasteiger partial charge is 0.0991 e. The Hall–Kier alpha value is -1.37.